The monoisotopic (exact) mass is 387 g/mol. The normalized spacial score (nSPS) is 10.7. The number of benzene rings is 1. The summed E-state index contributed by atoms with van der Waals surface area (Å²) in [7, 11) is 0. The van der Waals surface area contributed by atoms with Crippen molar-refractivity contribution in [3.63, 3.8) is 0 Å². The number of rotatable bonds is 5. The van der Waals surface area contributed by atoms with Crippen LogP contribution in [0.3, 0.4) is 0 Å². The number of carbonyl (C=O) groups excluding carboxylic acids is 1. The highest BCUT2D eigenvalue weighted by atomic mass is 35.5. The Morgan fingerprint density at radius 3 is 2.50 bits per heavy atom. The van der Waals surface area contributed by atoms with Crippen LogP contribution in [-0.2, 0) is 24.2 Å². The minimum Gasteiger partial charge on any atom is -0.324 e. The maximum atomic E-state index is 12.3. The molecule has 5 nitrogen and oxygen atoms in total. The molecule has 0 bridgehead atoms. The van der Waals surface area contributed by atoms with Crippen LogP contribution in [0.2, 0.25) is 15.1 Å². The summed E-state index contributed by atoms with van der Waals surface area (Å²) in [6.45, 7) is 3.68. The van der Waals surface area contributed by atoms with E-state index >= 15 is 0 Å². The second-order valence-electron chi connectivity index (χ2n) is 5.08. The summed E-state index contributed by atoms with van der Waals surface area (Å²) < 4.78 is 0.964. The Morgan fingerprint density at radius 1 is 1.17 bits per heavy atom. The van der Waals surface area contributed by atoms with E-state index in [1.165, 1.54) is 6.20 Å². The molecule has 0 radical (unpaired) electrons. The Hall–Kier alpha value is -1.56. The smallest absolute Gasteiger partial charge is 0.287 e. The van der Waals surface area contributed by atoms with Crippen LogP contribution in [0.1, 0.15) is 25.0 Å². The van der Waals surface area contributed by atoms with Gasteiger partial charge in [-0.25, -0.2) is 4.68 Å². The highest BCUT2D eigenvalue weighted by Crippen LogP contribution is 2.29. The minimum absolute atomic E-state index is 0.0507. The molecule has 2 rings (SSSR count). The summed E-state index contributed by atoms with van der Waals surface area (Å²) in [5.41, 5.74) is 1.90. The molecule has 1 aromatic heterocycles. The first-order valence-corrected chi connectivity index (χ1v) is 8.53. The Morgan fingerprint density at radius 2 is 1.88 bits per heavy atom. The standard InChI is InChI=1S/C16H16Cl3N3O2/c1-3-9-5-6-11(17)10(4-2)15(9)21-13(23)8-22-16(24)14(19)12(18)7-20-22/h5-7H,3-4,8H2,1-2H3,(H,21,23). The number of anilines is 1. The number of carbonyl (C=O) groups is 1. The van der Waals surface area contributed by atoms with Crippen molar-refractivity contribution >= 4 is 46.4 Å². The van der Waals surface area contributed by atoms with Crippen molar-refractivity contribution < 1.29 is 4.79 Å². The topological polar surface area (TPSA) is 64.0 Å². The van der Waals surface area contributed by atoms with Crippen molar-refractivity contribution in [1.29, 1.82) is 0 Å². The highest BCUT2D eigenvalue weighted by Gasteiger charge is 2.15. The number of nitrogens with one attached hydrogen (secondary N) is 1. The lowest BCUT2D eigenvalue weighted by molar-refractivity contribution is -0.117. The van der Waals surface area contributed by atoms with E-state index in [2.05, 4.69) is 10.4 Å². The zero-order valence-electron chi connectivity index (χ0n) is 13.2. The molecule has 0 fully saturated rings. The van der Waals surface area contributed by atoms with Crippen molar-refractivity contribution in [3.05, 3.63) is 54.9 Å². The molecular weight excluding hydrogens is 373 g/mol. The number of aromatic nitrogens is 2. The number of hydrogen-bond donors (Lipinski definition) is 1. The van der Waals surface area contributed by atoms with Crippen LogP contribution in [0.15, 0.2) is 23.1 Å². The third-order valence-corrected chi connectivity index (χ3v) is 4.68. The summed E-state index contributed by atoms with van der Waals surface area (Å²) in [5.74, 6) is -0.394. The van der Waals surface area contributed by atoms with E-state index in [9.17, 15) is 9.59 Å². The van der Waals surface area contributed by atoms with Gasteiger partial charge in [0.15, 0.2) is 0 Å². The molecule has 2 aromatic rings. The Balaban J connectivity index is 2.30. The van der Waals surface area contributed by atoms with E-state index in [1.54, 1.807) is 0 Å². The van der Waals surface area contributed by atoms with Gasteiger partial charge in [0, 0.05) is 10.7 Å². The zero-order valence-corrected chi connectivity index (χ0v) is 15.5. The lowest BCUT2D eigenvalue weighted by atomic mass is 10.0. The van der Waals surface area contributed by atoms with Gasteiger partial charge in [-0.15, -0.1) is 0 Å². The van der Waals surface area contributed by atoms with Crippen molar-refractivity contribution in [1.82, 2.24) is 9.78 Å². The number of hydrogen-bond acceptors (Lipinski definition) is 3. The molecule has 1 aromatic carbocycles. The van der Waals surface area contributed by atoms with Crippen LogP contribution in [0, 0.1) is 0 Å². The van der Waals surface area contributed by atoms with E-state index in [0.29, 0.717) is 17.1 Å². The van der Waals surface area contributed by atoms with Gasteiger partial charge in [-0.3, -0.25) is 9.59 Å². The maximum absolute atomic E-state index is 12.3. The van der Waals surface area contributed by atoms with Crippen LogP contribution in [0.25, 0.3) is 0 Å². The zero-order chi connectivity index (χ0) is 17.9. The lowest BCUT2D eigenvalue weighted by Gasteiger charge is -2.16. The Kier molecular flexibility index (Phi) is 6.27. The van der Waals surface area contributed by atoms with E-state index in [0.717, 1.165) is 22.2 Å². The molecule has 0 saturated carbocycles. The van der Waals surface area contributed by atoms with Gasteiger partial charge in [0.25, 0.3) is 5.56 Å². The number of amides is 1. The van der Waals surface area contributed by atoms with Crippen LogP contribution in [0.5, 0.6) is 0 Å². The second kappa shape index (κ2) is 8.01. The van der Waals surface area contributed by atoms with Crippen LogP contribution in [-0.4, -0.2) is 15.7 Å². The average Bonchev–Trinajstić information content (AvgIpc) is 2.56. The molecule has 128 valence electrons. The fraction of sp³-hybridized carbons (Fsp3) is 0.312. The van der Waals surface area contributed by atoms with Crippen molar-refractivity contribution in [2.75, 3.05) is 5.32 Å². The van der Waals surface area contributed by atoms with E-state index < -0.39 is 11.5 Å². The van der Waals surface area contributed by atoms with Gasteiger partial charge in [-0.1, -0.05) is 54.7 Å². The molecule has 1 amide bonds. The number of halogens is 3. The fourth-order valence-electron chi connectivity index (χ4n) is 2.34. The Labute approximate surface area is 154 Å². The summed E-state index contributed by atoms with van der Waals surface area (Å²) in [6, 6.07) is 3.70. The van der Waals surface area contributed by atoms with Gasteiger partial charge in [-0.2, -0.15) is 5.10 Å². The maximum Gasteiger partial charge on any atom is 0.287 e. The van der Waals surface area contributed by atoms with Crippen molar-refractivity contribution in [3.8, 4) is 0 Å². The van der Waals surface area contributed by atoms with Crippen LogP contribution < -0.4 is 10.9 Å². The molecule has 0 saturated heterocycles. The van der Waals surface area contributed by atoms with Gasteiger partial charge in [0.1, 0.15) is 11.6 Å². The van der Waals surface area contributed by atoms with Crippen LogP contribution in [0.4, 0.5) is 5.69 Å². The first-order valence-electron chi connectivity index (χ1n) is 7.40. The molecule has 0 aliphatic carbocycles. The number of aryl methyl sites for hydroxylation is 1. The van der Waals surface area contributed by atoms with E-state index in [-0.39, 0.29) is 16.6 Å². The molecule has 0 aliphatic heterocycles. The third-order valence-electron chi connectivity index (χ3n) is 3.58. The van der Waals surface area contributed by atoms with Gasteiger partial charge in [0.2, 0.25) is 5.91 Å². The second-order valence-corrected chi connectivity index (χ2v) is 6.28. The summed E-state index contributed by atoms with van der Waals surface area (Å²) >= 11 is 17.7. The van der Waals surface area contributed by atoms with Crippen molar-refractivity contribution in [2.45, 2.75) is 33.2 Å². The predicted octanol–water partition coefficient (Wildman–Crippen LogP) is 3.97. The van der Waals surface area contributed by atoms with Crippen LogP contribution >= 0.6 is 34.8 Å². The molecule has 8 heteroatoms. The molecule has 1 heterocycles. The molecule has 0 unspecified atom stereocenters. The SMILES string of the molecule is CCc1ccc(Cl)c(CC)c1NC(=O)Cn1ncc(Cl)c(Cl)c1=O. The van der Waals surface area contributed by atoms with Gasteiger partial charge in [-0.05, 0) is 30.0 Å². The first-order chi connectivity index (χ1) is 11.4. The van der Waals surface area contributed by atoms with E-state index in [4.69, 9.17) is 34.8 Å². The molecule has 24 heavy (non-hydrogen) atoms. The highest BCUT2D eigenvalue weighted by molar-refractivity contribution is 6.41. The van der Waals surface area contributed by atoms with Gasteiger partial charge >= 0.3 is 0 Å². The largest absolute Gasteiger partial charge is 0.324 e. The Bertz CT molecular complexity index is 834. The number of nitrogens with zero attached hydrogens (tertiary/aromatic N) is 2. The summed E-state index contributed by atoms with van der Waals surface area (Å²) in [5, 5.41) is 7.14. The molecular formula is C16H16Cl3N3O2. The summed E-state index contributed by atoms with van der Waals surface area (Å²) in [6.07, 6.45) is 2.64. The van der Waals surface area contributed by atoms with Crippen molar-refractivity contribution in [2.24, 2.45) is 0 Å². The lowest BCUT2D eigenvalue weighted by Crippen LogP contribution is -2.30. The van der Waals surface area contributed by atoms with Gasteiger partial charge in [0.05, 0.1) is 11.2 Å². The molecule has 1 N–H and O–H groups in total. The summed E-state index contributed by atoms with van der Waals surface area (Å²) in [4.78, 5) is 24.3. The quantitative estimate of drug-likeness (QED) is 0.843. The average molecular weight is 389 g/mol. The first kappa shape index (κ1) is 18.8. The predicted molar refractivity (Wildman–Crippen MR) is 97.4 cm³/mol. The van der Waals surface area contributed by atoms with E-state index in [1.807, 2.05) is 26.0 Å². The molecule has 0 spiro atoms. The third kappa shape index (κ3) is 3.91. The fourth-order valence-corrected chi connectivity index (χ4v) is 2.90. The molecule has 0 aliphatic rings. The molecule has 0 atom stereocenters. The van der Waals surface area contributed by atoms with Gasteiger partial charge < -0.3 is 5.32 Å². The minimum atomic E-state index is -0.614.